The molecule has 0 spiro atoms. The SMILES string of the molecule is Br.O=C(C=Cc1ccncc1)c1ccccc1O. The van der Waals surface area contributed by atoms with E-state index < -0.39 is 0 Å². The molecule has 0 saturated heterocycles. The molecule has 4 heteroatoms. The number of carbonyl (C=O) groups is 1. The van der Waals surface area contributed by atoms with Crippen LogP contribution in [0.3, 0.4) is 0 Å². The van der Waals surface area contributed by atoms with E-state index in [9.17, 15) is 9.90 Å². The molecule has 1 heterocycles. The largest absolute Gasteiger partial charge is 0.507 e. The number of aromatic nitrogens is 1. The third kappa shape index (κ3) is 3.53. The number of phenols is 1. The Morgan fingerprint density at radius 2 is 1.78 bits per heavy atom. The average Bonchev–Trinajstić information content (AvgIpc) is 2.38. The quantitative estimate of drug-likeness (QED) is 0.699. The third-order valence-corrected chi connectivity index (χ3v) is 2.30. The average molecular weight is 306 g/mol. The molecule has 3 nitrogen and oxygen atoms in total. The Balaban J connectivity index is 0.00000162. The molecule has 0 aliphatic rings. The van der Waals surface area contributed by atoms with Crippen molar-refractivity contribution in [2.45, 2.75) is 0 Å². The minimum atomic E-state index is -0.222. The van der Waals surface area contributed by atoms with Crippen molar-refractivity contribution in [1.82, 2.24) is 4.98 Å². The maximum Gasteiger partial charge on any atom is 0.189 e. The van der Waals surface area contributed by atoms with Gasteiger partial charge in [0, 0.05) is 12.4 Å². The molecule has 0 amide bonds. The second kappa shape index (κ2) is 6.71. The molecule has 18 heavy (non-hydrogen) atoms. The van der Waals surface area contributed by atoms with Crippen LogP contribution in [-0.4, -0.2) is 15.9 Å². The zero-order chi connectivity index (χ0) is 12.1. The Morgan fingerprint density at radius 3 is 2.44 bits per heavy atom. The summed E-state index contributed by atoms with van der Waals surface area (Å²) in [4.78, 5) is 15.7. The van der Waals surface area contributed by atoms with Gasteiger partial charge in [0.2, 0.25) is 0 Å². The maximum atomic E-state index is 11.8. The molecule has 2 aromatic rings. The molecular formula is C14H12BrNO2. The van der Waals surface area contributed by atoms with Gasteiger partial charge in [-0.05, 0) is 35.9 Å². The molecule has 0 aliphatic carbocycles. The highest BCUT2D eigenvalue weighted by atomic mass is 79.9. The minimum absolute atomic E-state index is 0. The molecule has 1 aromatic heterocycles. The topological polar surface area (TPSA) is 50.2 Å². The second-order valence-corrected chi connectivity index (χ2v) is 3.50. The summed E-state index contributed by atoms with van der Waals surface area (Å²) in [6.07, 6.45) is 6.44. The van der Waals surface area contributed by atoms with Crippen LogP contribution >= 0.6 is 17.0 Å². The fourth-order valence-electron chi connectivity index (χ4n) is 1.42. The van der Waals surface area contributed by atoms with Crippen molar-refractivity contribution >= 4 is 28.8 Å². The summed E-state index contributed by atoms with van der Waals surface area (Å²) in [5.74, 6) is -0.225. The van der Waals surface area contributed by atoms with Gasteiger partial charge in [0.1, 0.15) is 5.75 Å². The van der Waals surface area contributed by atoms with Crippen LogP contribution in [0.4, 0.5) is 0 Å². The van der Waals surface area contributed by atoms with E-state index in [2.05, 4.69) is 4.98 Å². The Hall–Kier alpha value is -1.94. The predicted molar refractivity (Wildman–Crippen MR) is 76.0 cm³/mol. The van der Waals surface area contributed by atoms with Crippen LogP contribution in [-0.2, 0) is 0 Å². The Kier molecular flexibility index (Phi) is 5.27. The van der Waals surface area contributed by atoms with Crippen LogP contribution in [0.25, 0.3) is 6.08 Å². The Morgan fingerprint density at radius 1 is 1.11 bits per heavy atom. The molecule has 92 valence electrons. The molecule has 0 atom stereocenters. The molecule has 0 bridgehead atoms. The molecule has 1 N–H and O–H groups in total. The minimum Gasteiger partial charge on any atom is -0.507 e. The number of aromatic hydroxyl groups is 1. The zero-order valence-electron chi connectivity index (χ0n) is 9.48. The lowest BCUT2D eigenvalue weighted by molar-refractivity contribution is 0.104. The van der Waals surface area contributed by atoms with Gasteiger partial charge >= 0.3 is 0 Å². The van der Waals surface area contributed by atoms with Gasteiger partial charge < -0.3 is 5.11 Å². The lowest BCUT2D eigenvalue weighted by Crippen LogP contribution is -1.94. The Labute approximate surface area is 116 Å². The van der Waals surface area contributed by atoms with E-state index in [-0.39, 0.29) is 28.5 Å². The molecule has 0 fully saturated rings. The first-order chi connectivity index (χ1) is 8.27. The number of hydrogen-bond acceptors (Lipinski definition) is 3. The van der Waals surface area contributed by atoms with E-state index in [1.54, 1.807) is 48.8 Å². The molecule has 0 aliphatic heterocycles. The van der Waals surface area contributed by atoms with E-state index in [1.165, 1.54) is 12.1 Å². The van der Waals surface area contributed by atoms with Crippen LogP contribution in [0, 0.1) is 0 Å². The summed E-state index contributed by atoms with van der Waals surface area (Å²) in [7, 11) is 0. The van der Waals surface area contributed by atoms with E-state index in [4.69, 9.17) is 0 Å². The van der Waals surface area contributed by atoms with Crippen LogP contribution in [0.5, 0.6) is 5.75 Å². The first kappa shape index (κ1) is 14.1. The molecule has 0 radical (unpaired) electrons. The molecule has 1 aromatic carbocycles. The van der Waals surface area contributed by atoms with E-state index in [0.29, 0.717) is 5.56 Å². The lowest BCUT2D eigenvalue weighted by atomic mass is 10.1. The van der Waals surface area contributed by atoms with Gasteiger partial charge in [-0.3, -0.25) is 9.78 Å². The summed E-state index contributed by atoms with van der Waals surface area (Å²) in [6, 6.07) is 10.1. The lowest BCUT2D eigenvalue weighted by Gasteiger charge is -1.98. The summed E-state index contributed by atoms with van der Waals surface area (Å²) in [6.45, 7) is 0. The highest BCUT2D eigenvalue weighted by Crippen LogP contribution is 2.16. The molecule has 0 saturated carbocycles. The number of carbonyl (C=O) groups excluding carboxylic acids is 1. The van der Waals surface area contributed by atoms with Gasteiger partial charge in [0.15, 0.2) is 5.78 Å². The van der Waals surface area contributed by atoms with Crippen molar-refractivity contribution in [3.8, 4) is 5.75 Å². The molecule has 2 rings (SSSR count). The number of ketones is 1. The first-order valence-corrected chi connectivity index (χ1v) is 5.18. The van der Waals surface area contributed by atoms with E-state index in [0.717, 1.165) is 5.56 Å². The number of pyridine rings is 1. The van der Waals surface area contributed by atoms with Crippen molar-refractivity contribution in [1.29, 1.82) is 0 Å². The number of rotatable bonds is 3. The van der Waals surface area contributed by atoms with Crippen molar-refractivity contribution in [2.75, 3.05) is 0 Å². The second-order valence-electron chi connectivity index (χ2n) is 3.50. The number of benzene rings is 1. The van der Waals surface area contributed by atoms with Crippen LogP contribution < -0.4 is 0 Å². The van der Waals surface area contributed by atoms with Gasteiger partial charge in [0.05, 0.1) is 5.56 Å². The fourth-order valence-corrected chi connectivity index (χ4v) is 1.42. The smallest absolute Gasteiger partial charge is 0.189 e. The number of para-hydroxylation sites is 1. The van der Waals surface area contributed by atoms with Crippen molar-refractivity contribution in [2.24, 2.45) is 0 Å². The molecule has 0 unspecified atom stereocenters. The summed E-state index contributed by atoms with van der Waals surface area (Å²) < 4.78 is 0. The van der Waals surface area contributed by atoms with Gasteiger partial charge in [-0.2, -0.15) is 0 Å². The first-order valence-electron chi connectivity index (χ1n) is 5.18. The van der Waals surface area contributed by atoms with Crippen molar-refractivity contribution in [3.05, 3.63) is 66.0 Å². The van der Waals surface area contributed by atoms with Gasteiger partial charge in [-0.1, -0.05) is 18.2 Å². The maximum absolute atomic E-state index is 11.8. The number of nitrogens with zero attached hydrogens (tertiary/aromatic N) is 1. The van der Waals surface area contributed by atoms with Gasteiger partial charge in [0.25, 0.3) is 0 Å². The highest BCUT2D eigenvalue weighted by molar-refractivity contribution is 8.93. The highest BCUT2D eigenvalue weighted by Gasteiger charge is 2.05. The molecular weight excluding hydrogens is 294 g/mol. The van der Waals surface area contributed by atoms with Crippen LogP contribution in [0.15, 0.2) is 54.9 Å². The zero-order valence-corrected chi connectivity index (χ0v) is 11.2. The number of allylic oxidation sites excluding steroid dienone is 1. The summed E-state index contributed by atoms with van der Waals surface area (Å²) in [5.41, 5.74) is 1.20. The standard InChI is InChI=1S/C14H11NO2.BrH/c16-13-4-2-1-3-12(13)14(17)6-5-11-7-9-15-10-8-11;/h1-10,16H;1H. The van der Waals surface area contributed by atoms with Crippen LogP contribution in [0.1, 0.15) is 15.9 Å². The summed E-state index contributed by atoms with van der Waals surface area (Å²) in [5, 5.41) is 9.51. The van der Waals surface area contributed by atoms with E-state index in [1.807, 2.05) is 0 Å². The number of phenolic OH excluding ortho intramolecular Hbond substituents is 1. The van der Waals surface area contributed by atoms with E-state index >= 15 is 0 Å². The van der Waals surface area contributed by atoms with Crippen molar-refractivity contribution < 1.29 is 9.90 Å². The monoisotopic (exact) mass is 305 g/mol. The third-order valence-electron chi connectivity index (χ3n) is 2.30. The normalized spacial score (nSPS) is 10.0. The van der Waals surface area contributed by atoms with Crippen molar-refractivity contribution in [3.63, 3.8) is 0 Å². The van der Waals surface area contributed by atoms with Crippen LogP contribution in [0.2, 0.25) is 0 Å². The van der Waals surface area contributed by atoms with Gasteiger partial charge in [-0.25, -0.2) is 0 Å². The predicted octanol–water partition coefficient (Wildman–Crippen LogP) is 3.26. The number of hydrogen-bond donors (Lipinski definition) is 1. The van der Waals surface area contributed by atoms with Gasteiger partial charge in [-0.15, -0.1) is 17.0 Å². The fraction of sp³-hybridized carbons (Fsp3) is 0. The Bertz CT molecular complexity index is 553. The number of halogens is 1. The summed E-state index contributed by atoms with van der Waals surface area (Å²) >= 11 is 0.